The molecule has 7 heteroatoms. The van der Waals surface area contributed by atoms with Crippen molar-refractivity contribution in [2.24, 2.45) is 0 Å². The second-order valence-corrected chi connectivity index (χ2v) is 2.48. The topological polar surface area (TPSA) is 132 Å². The highest BCUT2D eigenvalue weighted by atomic mass is 16.5. The van der Waals surface area contributed by atoms with E-state index < -0.39 is 36.4 Å². The van der Waals surface area contributed by atoms with E-state index in [0.29, 0.717) is 0 Å². The minimum absolute atomic E-state index is 1.14. The molecule has 0 aliphatic heterocycles. The van der Waals surface area contributed by atoms with Gasteiger partial charge in [0.05, 0.1) is 12.8 Å². The van der Waals surface area contributed by atoms with Gasteiger partial charge in [-0.2, -0.15) is 0 Å². The molecule has 0 aromatic carbocycles. The molecule has 4 N–H and O–H groups in total. The minimum Gasteiger partial charge on any atom is -0.481 e. The fraction of sp³-hybridized carbons (Fsp3) is 0.500. The molecule has 0 amide bonds. The lowest BCUT2D eigenvalue weighted by molar-refractivity contribution is -0.170. The van der Waals surface area contributed by atoms with E-state index in [-0.39, 0.29) is 0 Å². The standard InChI is InChI=1S/C6H8O7/c7-3(8)1-6(13,5(11)12)2-4(9)10/h13H,1-2H2,(H,7,8)(H,9,10)(H,11,12)/i3+1,4+1,5+1. The van der Waals surface area contributed by atoms with Crippen molar-refractivity contribution in [1.29, 1.82) is 0 Å². The average molecular weight is 195 g/mol. The first-order valence-electron chi connectivity index (χ1n) is 3.17. The highest BCUT2D eigenvalue weighted by Gasteiger charge is 2.40. The molecular formula is C6H8O7. The third kappa shape index (κ3) is 3.52. The van der Waals surface area contributed by atoms with Crippen LogP contribution in [-0.2, 0) is 14.4 Å². The third-order valence-electron chi connectivity index (χ3n) is 1.29. The summed E-state index contributed by atoms with van der Waals surface area (Å²) in [5.74, 6) is -5.02. The molecule has 0 unspecified atom stereocenters. The molecule has 0 aliphatic rings. The molecule has 0 bridgehead atoms. The molecule has 0 radical (unpaired) electrons. The molecule has 0 atom stereocenters. The van der Waals surface area contributed by atoms with Gasteiger partial charge in [-0.15, -0.1) is 0 Å². The van der Waals surface area contributed by atoms with Crippen molar-refractivity contribution >= 4 is 17.9 Å². The number of hydrogen-bond donors (Lipinski definition) is 4. The van der Waals surface area contributed by atoms with Crippen molar-refractivity contribution in [3.8, 4) is 0 Å². The molecule has 0 heterocycles. The van der Waals surface area contributed by atoms with Crippen LogP contribution in [0.25, 0.3) is 0 Å². The molecule has 0 rings (SSSR count). The van der Waals surface area contributed by atoms with Crippen LogP contribution in [0.15, 0.2) is 0 Å². The van der Waals surface area contributed by atoms with Crippen LogP contribution in [0.1, 0.15) is 12.8 Å². The first-order chi connectivity index (χ1) is 5.78. The lowest BCUT2D eigenvalue weighted by atomic mass is 10.1. The molecular weight excluding hydrogens is 187 g/mol. The van der Waals surface area contributed by atoms with Gasteiger partial charge in [-0.05, 0) is 0 Å². The number of hydrogen-bond acceptors (Lipinski definition) is 4. The van der Waals surface area contributed by atoms with Gasteiger partial charge in [0.1, 0.15) is 0 Å². The van der Waals surface area contributed by atoms with Gasteiger partial charge in [-0.1, -0.05) is 0 Å². The summed E-state index contributed by atoms with van der Waals surface area (Å²) < 4.78 is 0. The van der Waals surface area contributed by atoms with E-state index in [4.69, 9.17) is 20.4 Å². The van der Waals surface area contributed by atoms with Crippen LogP contribution in [-0.4, -0.2) is 43.9 Å². The molecule has 0 fully saturated rings. The average Bonchev–Trinajstić information content (AvgIpc) is 1.82. The van der Waals surface area contributed by atoms with Crippen LogP contribution in [0.4, 0.5) is 0 Å². The molecule has 13 heavy (non-hydrogen) atoms. The second-order valence-electron chi connectivity index (χ2n) is 2.48. The molecule has 7 nitrogen and oxygen atoms in total. The molecule has 0 aromatic heterocycles. The van der Waals surface area contributed by atoms with Gasteiger partial charge < -0.3 is 20.4 Å². The van der Waals surface area contributed by atoms with Gasteiger partial charge in [0.15, 0.2) is 5.60 Å². The fourth-order valence-electron chi connectivity index (χ4n) is 0.714. The van der Waals surface area contributed by atoms with Gasteiger partial charge in [0.25, 0.3) is 0 Å². The van der Waals surface area contributed by atoms with Crippen molar-refractivity contribution in [1.82, 2.24) is 0 Å². The Morgan fingerprint density at radius 1 is 0.923 bits per heavy atom. The summed E-state index contributed by atoms with van der Waals surface area (Å²) in [6.45, 7) is 0. The molecule has 0 saturated heterocycles. The molecule has 0 aromatic rings. The third-order valence-corrected chi connectivity index (χ3v) is 1.29. The normalized spacial score (nSPS) is 10.8. The minimum atomic E-state index is -2.74. The summed E-state index contributed by atoms with van der Waals surface area (Å²) in [5.41, 5.74) is -2.74. The van der Waals surface area contributed by atoms with E-state index >= 15 is 0 Å². The Morgan fingerprint density at radius 3 is 1.38 bits per heavy atom. The Balaban J connectivity index is 4.62. The van der Waals surface area contributed by atoms with E-state index in [1.54, 1.807) is 0 Å². The summed E-state index contributed by atoms with van der Waals surface area (Å²) in [5, 5.41) is 33.8. The number of aliphatic carboxylic acids is 3. The zero-order valence-electron chi connectivity index (χ0n) is 6.43. The van der Waals surface area contributed by atoms with E-state index in [2.05, 4.69) is 0 Å². The van der Waals surface area contributed by atoms with Gasteiger partial charge in [-0.25, -0.2) is 4.79 Å². The Morgan fingerprint density at radius 2 is 1.23 bits per heavy atom. The summed E-state index contributed by atoms with van der Waals surface area (Å²) >= 11 is 0. The van der Waals surface area contributed by atoms with Crippen molar-refractivity contribution in [2.45, 2.75) is 18.4 Å². The van der Waals surface area contributed by atoms with Gasteiger partial charge >= 0.3 is 17.9 Å². The van der Waals surface area contributed by atoms with Gasteiger partial charge in [-0.3, -0.25) is 9.59 Å². The van der Waals surface area contributed by atoms with Crippen LogP contribution < -0.4 is 0 Å². The van der Waals surface area contributed by atoms with Crippen molar-refractivity contribution in [3.63, 3.8) is 0 Å². The Bertz CT molecular complexity index is 227. The summed E-state index contributed by atoms with van der Waals surface area (Å²) in [4.78, 5) is 30.5. The molecule has 74 valence electrons. The zero-order chi connectivity index (χ0) is 10.6. The van der Waals surface area contributed by atoms with Crippen LogP contribution in [0.3, 0.4) is 0 Å². The molecule has 0 aliphatic carbocycles. The zero-order valence-corrected chi connectivity index (χ0v) is 6.43. The molecule has 0 saturated carbocycles. The van der Waals surface area contributed by atoms with Crippen molar-refractivity contribution in [3.05, 3.63) is 0 Å². The van der Waals surface area contributed by atoms with Gasteiger partial charge in [0, 0.05) is 0 Å². The van der Waals surface area contributed by atoms with E-state index in [1.165, 1.54) is 0 Å². The number of carboxylic acids is 3. The number of carboxylic acid groups (broad SMARTS) is 3. The Kier molecular flexibility index (Phi) is 3.37. The van der Waals surface area contributed by atoms with Crippen LogP contribution >= 0.6 is 0 Å². The first-order valence-corrected chi connectivity index (χ1v) is 3.17. The van der Waals surface area contributed by atoms with Crippen LogP contribution in [0.5, 0.6) is 0 Å². The summed E-state index contributed by atoms with van der Waals surface area (Å²) in [6.07, 6.45) is -2.29. The highest BCUT2D eigenvalue weighted by molar-refractivity contribution is 5.88. The van der Waals surface area contributed by atoms with Gasteiger partial charge in [0.2, 0.25) is 0 Å². The Labute approximate surface area is 72.2 Å². The maximum Gasteiger partial charge on any atom is 0.336 e. The fourth-order valence-corrected chi connectivity index (χ4v) is 0.714. The van der Waals surface area contributed by atoms with Crippen LogP contribution in [0, 0.1) is 0 Å². The maximum absolute atomic E-state index is 10.3. The van der Waals surface area contributed by atoms with Crippen molar-refractivity contribution in [2.75, 3.05) is 0 Å². The molecule has 0 spiro atoms. The van der Waals surface area contributed by atoms with E-state index in [0.717, 1.165) is 0 Å². The van der Waals surface area contributed by atoms with E-state index in [1.807, 2.05) is 0 Å². The number of carbonyl (C=O) groups is 3. The first kappa shape index (κ1) is 11.4. The van der Waals surface area contributed by atoms with Crippen molar-refractivity contribution < 1.29 is 34.8 Å². The Hall–Kier alpha value is -1.63. The predicted octanol–water partition coefficient (Wildman–Crippen LogP) is -1.25. The SMILES string of the molecule is O=[13C](O)CC(O)(C[13C](=O)O)[13C](=O)O. The largest absolute Gasteiger partial charge is 0.481 e. The highest BCUT2D eigenvalue weighted by Crippen LogP contribution is 2.15. The van der Waals surface area contributed by atoms with Crippen LogP contribution in [0.2, 0.25) is 0 Å². The summed E-state index contributed by atoms with van der Waals surface area (Å²) in [6, 6.07) is 0. The lowest BCUT2D eigenvalue weighted by Gasteiger charge is -2.18. The number of rotatable bonds is 5. The van der Waals surface area contributed by atoms with E-state index in [9.17, 15) is 14.4 Å². The summed E-state index contributed by atoms with van der Waals surface area (Å²) in [7, 11) is 0. The lowest BCUT2D eigenvalue weighted by Crippen LogP contribution is -2.42. The monoisotopic (exact) mass is 195 g/mol. The second kappa shape index (κ2) is 3.85. The quantitative estimate of drug-likeness (QED) is 0.403. The smallest absolute Gasteiger partial charge is 0.336 e. The maximum atomic E-state index is 10.3. The number of aliphatic hydroxyl groups is 1. The predicted molar refractivity (Wildman–Crippen MR) is 37.1 cm³/mol.